The molecule has 0 spiro atoms. The third-order valence-electron chi connectivity index (χ3n) is 8.71. The van der Waals surface area contributed by atoms with E-state index in [2.05, 4.69) is 25.3 Å². The number of fused-ring (bicyclic) bond motifs is 2. The number of nitrogens with zero attached hydrogens (tertiary/aromatic N) is 5. The van der Waals surface area contributed by atoms with E-state index in [0.717, 1.165) is 29.0 Å². The standard InChI is InChI=1S/C22H20N4O3S.C20H14N4O3.C2H6/c1-30(28,29)24-14-16-13-23-15-19-20(27)12-21(25-17-8-4-2-5-9-17)26(22(16)19)18-10-6-3-7-11-18;25-18-12-20(22-14-7-3-1-4-8-14)23(15-9-5-2-6-10-15)17-11-19(24(26)27)21-13-16(17)18;1-2/h2-13,15,24-25H,14H2,1H3;1-13,22H;1-2H3. The molecule has 0 unspecified atom stereocenters. The van der Waals surface area contributed by atoms with Gasteiger partial charge in [-0.25, -0.2) is 13.1 Å². The van der Waals surface area contributed by atoms with Crippen LogP contribution in [0.15, 0.2) is 168 Å². The van der Waals surface area contributed by atoms with Crippen molar-refractivity contribution in [1.29, 1.82) is 0 Å². The van der Waals surface area contributed by atoms with Crippen LogP contribution in [0.1, 0.15) is 19.4 Å². The Balaban J connectivity index is 0.000000191. The minimum atomic E-state index is -3.42. The van der Waals surface area contributed by atoms with Crippen molar-refractivity contribution >= 4 is 60.7 Å². The van der Waals surface area contributed by atoms with Gasteiger partial charge in [-0.2, -0.15) is 0 Å². The fourth-order valence-corrected chi connectivity index (χ4v) is 6.61. The van der Waals surface area contributed by atoms with Crippen LogP contribution in [0.4, 0.5) is 28.8 Å². The SMILES string of the molecule is CC.CS(=O)(=O)NCc1cncc2c(=O)cc(Nc3ccccc3)n(-c3ccccc3)c12.O=c1cc(Nc2ccccc2)n(-c2ccccc2)c2cc([N+](=O)[O-])ncc12. The highest BCUT2D eigenvalue weighted by atomic mass is 32.2. The molecule has 8 rings (SSSR count). The number of sulfonamides is 1. The van der Waals surface area contributed by atoms with E-state index in [1.807, 2.05) is 140 Å². The Labute approximate surface area is 339 Å². The van der Waals surface area contributed by atoms with Crippen LogP contribution in [0.5, 0.6) is 0 Å². The molecule has 14 nitrogen and oxygen atoms in total. The van der Waals surface area contributed by atoms with Crippen LogP contribution in [0, 0.1) is 10.1 Å². The lowest BCUT2D eigenvalue weighted by molar-refractivity contribution is -0.389. The molecular weight excluding hydrogens is 769 g/mol. The molecule has 0 amide bonds. The van der Waals surface area contributed by atoms with Gasteiger partial charge in [-0.3, -0.25) is 23.7 Å². The lowest BCUT2D eigenvalue weighted by Gasteiger charge is -2.20. The molecule has 4 heterocycles. The monoisotopic (exact) mass is 808 g/mol. The van der Waals surface area contributed by atoms with Crippen LogP contribution in [-0.4, -0.2) is 38.7 Å². The second kappa shape index (κ2) is 18.6. The Morgan fingerprint density at radius 1 is 0.644 bits per heavy atom. The van der Waals surface area contributed by atoms with Gasteiger partial charge in [0.2, 0.25) is 10.0 Å². The molecule has 0 atom stereocenters. The highest BCUT2D eigenvalue weighted by Gasteiger charge is 2.18. The van der Waals surface area contributed by atoms with Crippen molar-refractivity contribution in [3.63, 3.8) is 0 Å². The van der Waals surface area contributed by atoms with E-state index in [-0.39, 0.29) is 23.2 Å². The smallest absolute Gasteiger partial charge is 0.358 e. The number of nitrogens with one attached hydrogen (secondary N) is 3. The van der Waals surface area contributed by atoms with E-state index >= 15 is 0 Å². The fraction of sp³-hybridized carbons (Fsp3) is 0.0909. The second-order valence-electron chi connectivity index (χ2n) is 12.7. The molecular formula is C44H40N8O6S. The Bertz CT molecular complexity index is 2950. The molecule has 0 bridgehead atoms. The van der Waals surface area contributed by atoms with Crippen molar-refractivity contribution in [2.45, 2.75) is 20.4 Å². The van der Waals surface area contributed by atoms with Crippen LogP contribution in [0.25, 0.3) is 33.2 Å². The maximum atomic E-state index is 12.9. The first kappa shape index (κ1) is 41.2. The molecule has 3 N–H and O–H groups in total. The molecule has 298 valence electrons. The zero-order valence-corrected chi connectivity index (χ0v) is 33.1. The van der Waals surface area contributed by atoms with Crippen molar-refractivity contribution in [1.82, 2.24) is 23.8 Å². The van der Waals surface area contributed by atoms with Crippen molar-refractivity contribution < 1.29 is 13.3 Å². The van der Waals surface area contributed by atoms with Crippen molar-refractivity contribution in [3.8, 4) is 11.4 Å². The number of hydrogen-bond donors (Lipinski definition) is 3. The maximum Gasteiger partial charge on any atom is 0.365 e. The summed E-state index contributed by atoms with van der Waals surface area (Å²) in [5.41, 5.74) is 4.34. The van der Waals surface area contributed by atoms with Gasteiger partial charge in [0, 0.05) is 59.4 Å². The molecule has 0 saturated carbocycles. The number of pyridine rings is 4. The molecule has 15 heteroatoms. The van der Waals surface area contributed by atoms with Gasteiger partial charge in [-0.15, -0.1) is 0 Å². The first-order valence-corrected chi connectivity index (χ1v) is 20.4. The summed E-state index contributed by atoms with van der Waals surface area (Å²) in [6.45, 7) is 4.02. The van der Waals surface area contributed by atoms with Gasteiger partial charge < -0.3 is 20.7 Å². The van der Waals surface area contributed by atoms with E-state index in [0.29, 0.717) is 39.0 Å². The van der Waals surface area contributed by atoms with Crippen molar-refractivity contribution in [3.05, 3.63) is 194 Å². The first-order chi connectivity index (χ1) is 28.6. The molecule has 59 heavy (non-hydrogen) atoms. The Kier molecular flexibility index (Phi) is 13.0. The number of hydrogen-bond acceptors (Lipinski definition) is 10. The van der Waals surface area contributed by atoms with Crippen molar-refractivity contribution in [2.75, 3.05) is 16.9 Å². The van der Waals surface area contributed by atoms with Gasteiger partial charge in [-0.05, 0) is 58.4 Å². The average molecular weight is 809 g/mol. The Morgan fingerprint density at radius 3 is 1.63 bits per heavy atom. The van der Waals surface area contributed by atoms with Gasteiger partial charge in [0.25, 0.3) is 0 Å². The van der Waals surface area contributed by atoms with E-state index in [9.17, 15) is 28.1 Å². The molecule has 4 aromatic heterocycles. The molecule has 8 aromatic rings. The Morgan fingerprint density at radius 2 is 1.12 bits per heavy atom. The van der Waals surface area contributed by atoms with Gasteiger partial charge in [0.1, 0.15) is 11.6 Å². The summed E-state index contributed by atoms with van der Waals surface area (Å²) in [4.78, 5) is 44.0. The van der Waals surface area contributed by atoms with E-state index < -0.39 is 14.9 Å². The zero-order chi connectivity index (χ0) is 41.9. The summed E-state index contributed by atoms with van der Waals surface area (Å²) < 4.78 is 29.5. The summed E-state index contributed by atoms with van der Waals surface area (Å²) in [5.74, 6) is 0.755. The largest absolute Gasteiger partial charge is 0.365 e. The van der Waals surface area contributed by atoms with Crippen LogP contribution < -0.4 is 26.2 Å². The summed E-state index contributed by atoms with van der Waals surface area (Å²) in [5, 5.41) is 18.4. The van der Waals surface area contributed by atoms with Crippen LogP contribution in [0.3, 0.4) is 0 Å². The molecule has 0 aliphatic heterocycles. The quantitative estimate of drug-likeness (QED) is 0.0899. The molecule has 0 saturated heterocycles. The summed E-state index contributed by atoms with van der Waals surface area (Å²) >= 11 is 0. The summed E-state index contributed by atoms with van der Waals surface area (Å²) in [7, 11) is -3.42. The second-order valence-corrected chi connectivity index (χ2v) is 14.5. The highest BCUT2D eigenvalue weighted by Crippen LogP contribution is 2.28. The van der Waals surface area contributed by atoms with Gasteiger partial charge in [0.05, 0.1) is 34.1 Å². The van der Waals surface area contributed by atoms with Crippen molar-refractivity contribution in [2.24, 2.45) is 0 Å². The molecule has 0 fully saturated rings. The summed E-state index contributed by atoms with van der Waals surface area (Å²) in [6, 6.07) is 42.1. The van der Waals surface area contributed by atoms with Gasteiger partial charge in [-0.1, -0.05) is 86.6 Å². The number of benzene rings is 4. The predicted octanol–water partition coefficient (Wildman–Crippen LogP) is 8.24. The molecule has 4 aromatic carbocycles. The van der Waals surface area contributed by atoms with E-state index in [1.165, 1.54) is 30.6 Å². The highest BCUT2D eigenvalue weighted by molar-refractivity contribution is 7.88. The van der Waals surface area contributed by atoms with Gasteiger partial charge in [0.15, 0.2) is 17.1 Å². The first-order valence-electron chi connectivity index (χ1n) is 18.5. The number of anilines is 4. The predicted molar refractivity (Wildman–Crippen MR) is 234 cm³/mol. The van der Waals surface area contributed by atoms with E-state index in [4.69, 9.17) is 0 Å². The van der Waals surface area contributed by atoms with E-state index in [1.54, 1.807) is 10.8 Å². The minimum absolute atomic E-state index is 0.0181. The normalized spacial score (nSPS) is 10.8. The summed E-state index contributed by atoms with van der Waals surface area (Å²) in [6.07, 6.45) is 5.43. The lowest BCUT2D eigenvalue weighted by Crippen LogP contribution is -2.23. The minimum Gasteiger partial charge on any atom is -0.358 e. The number of aromatic nitrogens is 4. The zero-order valence-electron chi connectivity index (χ0n) is 32.3. The molecule has 0 aliphatic rings. The topological polar surface area (TPSA) is 183 Å². The average Bonchev–Trinajstić information content (AvgIpc) is 3.25. The number of nitro groups is 1. The molecule has 0 radical (unpaired) electrons. The molecule has 0 aliphatic carbocycles. The third kappa shape index (κ3) is 9.91. The third-order valence-corrected chi connectivity index (χ3v) is 9.38. The fourth-order valence-electron chi connectivity index (χ4n) is 6.19. The maximum absolute atomic E-state index is 12.9. The number of rotatable bonds is 10. The Hall–Kier alpha value is -7.49. The van der Waals surface area contributed by atoms with Crippen LogP contribution >= 0.6 is 0 Å². The lowest BCUT2D eigenvalue weighted by atomic mass is 10.1. The van der Waals surface area contributed by atoms with Crippen LogP contribution in [-0.2, 0) is 16.6 Å². The number of para-hydroxylation sites is 4. The van der Waals surface area contributed by atoms with Gasteiger partial charge >= 0.3 is 5.82 Å². The van der Waals surface area contributed by atoms with Crippen LogP contribution in [0.2, 0.25) is 0 Å².